The summed E-state index contributed by atoms with van der Waals surface area (Å²) in [6.07, 6.45) is 4.20. The van der Waals surface area contributed by atoms with Crippen LogP contribution in [0, 0.1) is 5.41 Å². The van der Waals surface area contributed by atoms with Gasteiger partial charge in [0.2, 0.25) is 5.91 Å². The lowest BCUT2D eigenvalue weighted by Gasteiger charge is -2.44. The fourth-order valence-corrected chi connectivity index (χ4v) is 4.07. The molecular weight excluding hydrogens is 358 g/mol. The Hall–Kier alpha value is -3.00. The third kappa shape index (κ3) is 3.43. The van der Waals surface area contributed by atoms with E-state index in [1.165, 1.54) is 6.20 Å². The summed E-state index contributed by atoms with van der Waals surface area (Å²) in [6.45, 7) is 1.32. The smallest absolute Gasteiger partial charge is 0.253 e. The van der Waals surface area contributed by atoms with Gasteiger partial charge in [0.1, 0.15) is 5.82 Å². The fraction of sp³-hybridized carbons (Fsp3) is 0.400. The number of aromatic nitrogens is 2. The molecule has 1 aromatic heterocycles. The van der Waals surface area contributed by atoms with Crippen molar-refractivity contribution in [2.45, 2.75) is 25.4 Å². The number of aliphatic hydroxyl groups excluding tert-OH is 1. The van der Waals surface area contributed by atoms with Crippen LogP contribution in [-0.2, 0) is 4.79 Å². The Morgan fingerprint density at radius 3 is 2.61 bits per heavy atom. The summed E-state index contributed by atoms with van der Waals surface area (Å²) in [7, 11) is 0. The van der Waals surface area contributed by atoms with Crippen LogP contribution in [0.25, 0.3) is 11.3 Å². The van der Waals surface area contributed by atoms with Crippen molar-refractivity contribution in [1.29, 1.82) is 0 Å². The molecule has 0 bridgehead atoms. The predicted molar refractivity (Wildman–Crippen MR) is 103 cm³/mol. The molecule has 2 amide bonds. The zero-order valence-electron chi connectivity index (χ0n) is 15.5. The summed E-state index contributed by atoms with van der Waals surface area (Å²) in [5.41, 5.74) is 7.20. The largest absolute Gasteiger partial charge is 0.391 e. The number of likely N-dealkylation sites (tertiary alicyclic amines) is 1. The lowest BCUT2D eigenvalue weighted by atomic mass is 9.71. The molecule has 2 saturated heterocycles. The number of nitrogens with two attached hydrogens (primary N) is 1. The van der Waals surface area contributed by atoms with E-state index in [-0.39, 0.29) is 11.8 Å². The van der Waals surface area contributed by atoms with Gasteiger partial charge in [0.05, 0.1) is 29.6 Å². The standard InChI is InChI=1S/C20H23N5O3/c21-17-12-22-11-16(24-17)13-1-3-14(4-2-13)18(27)25-7-5-20(6-8-25)9-15(26)10-23-19(20)28/h1-4,11-12,15,26H,5-10H2,(H2,21,24)(H,23,28). The highest BCUT2D eigenvalue weighted by molar-refractivity contribution is 5.95. The number of aliphatic hydroxyl groups is 1. The normalized spacial score (nSPS) is 21.4. The molecule has 8 heteroatoms. The van der Waals surface area contributed by atoms with Crippen LogP contribution < -0.4 is 11.1 Å². The van der Waals surface area contributed by atoms with E-state index in [2.05, 4.69) is 15.3 Å². The molecule has 4 rings (SSSR count). The number of piperidine rings is 2. The van der Waals surface area contributed by atoms with E-state index in [9.17, 15) is 14.7 Å². The van der Waals surface area contributed by atoms with Crippen LogP contribution in [-0.4, -0.2) is 57.5 Å². The quantitative estimate of drug-likeness (QED) is 0.708. The molecule has 8 nitrogen and oxygen atoms in total. The van der Waals surface area contributed by atoms with Gasteiger partial charge in [0.15, 0.2) is 0 Å². The van der Waals surface area contributed by atoms with Crippen LogP contribution in [0.2, 0.25) is 0 Å². The maximum absolute atomic E-state index is 12.8. The summed E-state index contributed by atoms with van der Waals surface area (Å²) >= 11 is 0. The number of rotatable bonds is 2. The summed E-state index contributed by atoms with van der Waals surface area (Å²) in [5, 5.41) is 12.7. The molecule has 1 unspecified atom stereocenters. The van der Waals surface area contributed by atoms with E-state index >= 15 is 0 Å². The Morgan fingerprint density at radius 1 is 1.21 bits per heavy atom. The average molecular weight is 381 g/mol. The van der Waals surface area contributed by atoms with Gasteiger partial charge in [-0.15, -0.1) is 0 Å². The molecule has 1 aromatic carbocycles. The van der Waals surface area contributed by atoms with E-state index in [1.54, 1.807) is 23.2 Å². The van der Waals surface area contributed by atoms with E-state index in [0.29, 0.717) is 56.0 Å². The monoisotopic (exact) mass is 381 g/mol. The number of nitrogens with one attached hydrogen (secondary N) is 1. The average Bonchev–Trinajstić information content (AvgIpc) is 2.71. The van der Waals surface area contributed by atoms with Crippen LogP contribution >= 0.6 is 0 Å². The van der Waals surface area contributed by atoms with Gasteiger partial charge in [-0.25, -0.2) is 4.98 Å². The Labute approximate surface area is 162 Å². The third-order valence-electron chi connectivity index (χ3n) is 5.69. The maximum Gasteiger partial charge on any atom is 0.253 e. The number of carbonyl (C=O) groups is 2. The highest BCUT2D eigenvalue weighted by atomic mass is 16.3. The van der Waals surface area contributed by atoms with Gasteiger partial charge in [-0.3, -0.25) is 14.6 Å². The van der Waals surface area contributed by atoms with Gasteiger partial charge in [-0.1, -0.05) is 12.1 Å². The Kier molecular flexibility index (Phi) is 4.72. The lowest BCUT2D eigenvalue weighted by Crippen LogP contribution is -2.56. The molecule has 1 spiro atoms. The molecule has 2 aliphatic heterocycles. The fourth-order valence-electron chi connectivity index (χ4n) is 4.07. The number of β-amino-alcohol motifs (C(OH)–C–C–N with tert-alkyl or cyclic N) is 1. The third-order valence-corrected chi connectivity index (χ3v) is 5.69. The molecule has 28 heavy (non-hydrogen) atoms. The molecule has 4 N–H and O–H groups in total. The van der Waals surface area contributed by atoms with Gasteiger partial charge in [0.25, 0.3) is 5.91 Å². The Morgan fingerprint density at radius 2 is 1.93 bits per heavy atom. The van der Waals surface area contributed by atoms with Gasteiger partial charge >= 0.3 is 0 Å². The highest BCUT2D eigenvalue weighted by Gasteiger charge is 2.45. The van der Waals surface area contributed by atoms with Crippen molar-refractivity contribution in [2.24, 2.45) is 5.41 Å². The lowest BCUT2D eigenvalue weighted by molar-refractivity contribution is -0.140. The molecule has 2 aliphatic rings. The van der Waals surface area contributed by atoms with Crippen LogP contribution in [0.15, 0.2) is 36.7 Å². The minimum absolute atomic E-state index is 0.00232. The van der Waals surface area contributed by atoms with Crippen LogP contribution in [0.1, 0.15) is 29.6 Å². The summed E-state index contributed by atoms with van der Waals surface area (Å²) in [4.78, 5) is 35.2. The van der Waals surface area contributed by atoms with Crippen LogP contribution in [0.4, 0.5) is 5.82 Å². The topological polar surface area (TPSA) is 121 Å². The number of carbonyl (C=O) groups excluding carboxylic acids is 2. The Bertz CT molecular complexity index is 891. The molecule has 0 saturated carbocycles. The second-order valence-corrected chi connectivity index (χ2v) is 7.55. The van der Waals surface area contributed by atoms with E-state index < -0.39 is 11.5 Å². The van der Waals surface area contributed by atoms with E-state index in [4.69, 9.17) is 5.73 Å². The highest BCUT2D eigenvalue weighted by Crippen LogP contribution is 2.38. The van der Waals surface area contributed by atoms with E-state index in [0.717, 1.165) is 5.56 Å². The number of nitrogen functional groups attached to an aromatic ring is 1. The number of amides is 2. The zero-order valence-corrected chi connectivity index (χ0v) is 15.5. The molecule has 0 radical (unpaired) electrons. The van der Waals surface area contributed by atoms with Crippen molar-refractivity contribution in [3.05, 3.63) is 42.2 Å². The van der Waals surface area contributed by atoms with E-state index in [1.807, 2.05) is 12.1 Å². The summed E-state index contributed by atoms with van der Waals surface area (Å²) in [5.74, 6) is 0.283. The SMILES string of the molecule is Nc1cncc(-c2ccc(C(=O)N3CCC4(CC3)CC(O)CNC4=O)cc2)n1. The minimum atomic E-state index is -0.551. The molecule has 2 fully saturated rings. The van der Waals surface area contributed by atoms with Crippen molar-refractivity contribution < 1.29 is 14.7 Å². The molecule has 146 valence electrons. The summed E-state index contributed by atoms with van der Waals surface area (Å²) in [6, 6.07) is 7.19. The van der Waals surface area contributed by atoms with Gasteiger partial charge in [-0.2, -0.15) is 0 Å². The first kappa shape index (κ1) is 18.4. The number of anilines is 1. The molecular formula is C20H23N5O3. The van der Waals surface area contributed by atoms with Crippen LogP contribution in [0.5, 0.6) is 0 Å². The first-order chi connectivity index (χ1) is 13.5. The first-order valence-electron chi connectivity index (χ1n) is 9.40. The van der Waals surface area contributed by atoms with Gasteiger partial charge < -0.3 is 21.1 Å². The second-order valence-electron chi connectivity index (χ2n) is 7.55. The van der Waals surface area contributed by atoms with Crippen molar-refractivity contribution >= 4 is 17.6 Å². The number of nitrogens with zero attached hydrogens (tertiary/aromatic N) is 3. The first-order valence-corrected chi connectivity index (χ1v) is 9.40. The van der Waals surface area contributed by atoms with Crippen LogP contribution in [0.3, 0.4) is 0 Å². The van der Waals surface area contributed by atoms with Gasteiger partial charge in [0, 0.05) is 30.8 Å². The minimum Gasteiger partial charge on any atom is -0.391 e. The number of benzene rings is 1. The molecule has 1 atom stereocenters. The van der Waals surface area contributed by atoms with Crippen molar-refractivity contribution in [1.82, 2.24) is 20.2 Å². The number of hydrogen-bond donors (Lipinski definition) is 3. The van der Waals surface area contributed by atoms with Gasteiger partial charge in [-0.05, 0) is 31.4 Å². The maximum atomic E-state index is 12.8. The second kappa shape index (κ2) is 7.20. The Balaban J connectivity index is 1.43. The molecule has 2 aromatic rings. The van der Waals surface area contributed by atoms with Crippen molar-refractivity contribution in [3.8, 4) is 11.3 Å². The predicted octanol–water partition coefficient (Wildman–Crippen LogP) is 0.829. The van der Waals surface area contributed by atoms with Crippen molar-refractivity contribution in [2.75, 3.05) is 25.4 Å². The number of hydrogen-bond acceptors (Lipinski definition) is 6. The molecule has 3 heterocycles. The van der Waals surface area contributed by atoms with Crippen molar-refractivity contribution in [3.63, 3.8) is 0 Å². The summed E-state index contributed by atoms with van der Waals surface area (Å²) < 4.78 is 0. The molecule has 0 aliphatic carbocycles. The zero-order chi connectivity index (χ0) is 19.7.